The summed E-state index contributed by atoms with van der Waals surface area (Å²) in [5.74, 6) is 1.89. The Morgan fingerprint density at radius 1 is 1.16 bits per heavy atom. The molecule has 0 amide bonds. The minimum absolute atomic E-state index is 0.279. The van der Waals surface area contributed by atoms with Crippen molar-refractivity contribution in [2.45, 2.75) is 13.8 Å². The van der Waals surface area contributed by atoms with E-state index in [1.165, 1.54) is 11.8 Å². The van der Waals surface area contributed by atoms with Crippen molar-refractivity contribution in [1.29, 1.82) is 5.41 Å². The fourth-order valence-corrected chi connectivity index (χ4v) is 3.19. The van der Waals surface area contributed by atoms with Gasteiger partial charge in [0.2, 0.25) is 0 Å². The lowest BCUT2D eigenvalue weighted by atomic mass is 9.99. The van der Waals surface area contributed by atoms with Crippen LogP contribution in [0.5, 0.6) is 0 Å². The summed E-state index contributed by atoms with van der Waals surface area (Å²) in [6.07, 6.45) is 10.4. The normalized spacial score (nSPS) is 13.8. The number of pyridine rings is 3. The van der Waals surface area contributed by atoms with Crippen molar-refractivity contribution in [1.82, 2.24) is 25.8 Å². The van der Waals surface area contributed by atoms with E-state index in [1.54, 1.807) is 24.7 Å². The molecule has 8 nitrogen and oxygen atoms in total. The maximum Gasteiger partial charge on any atom is 0.132 e. The zero-order chi connectivity index (χ0) is 21.8. The maximum absolute atomic E-state index is 8.52. The molecule has 8 heteroatoms. The number of rotatable bonds is 6. The molecule has 0 bridgehead atoms. The lowest BCUT2D eigenvalue weighted by Crippen LogP contribution is -2.33. The summed E-state index contributed by atoms with van der Waals surface area (Å²) >= 11 is 0. The van der Waals surface area contributed by atoms with Crippen LogP contribution in [0.25, 0.3) is 16.6 Å². The quantitative estimate of drug-likeness (QED) is 0.393. The third-order valence-corrected chi connectivity index (χ3v) is 4.92. The number of nitrogens with two attached hydrogens (primary N) is 1. The molecule has 0 aliphatic carbocycles. The van der Waals surface area contributed by atoms with Crippen molar-refractivity contribution in [2.24, 2.45) is 11.7 Å². The van der Waals surface area contributed by atoms with Crippen molar-refractivity contribution in [3.05, 3.63) is 89.9 Å². The Morgan fingerprint density at radius 3 is 2.77 bits per heavy atom. The van der Waals surface area contributed by atoms with Crippen LogP contribution in [0.15, 0.2) is 78.8 Å². The second-order valence-electron chi connectivity index (χ2n) is 7.41. The van der Waals surface area contributed by atoms with Crippen LogP contribution in [0.4, 0.5) is 5.82 Å². The third kappa shape index (κ3) is 4.37. The zero-order valence-electron chi connectivity index (χ0n) is 17.3. The molecule has 0 spiro atoms. The van der Waals surface area contributed by atoms with E-state index in [4.69, 9.17) is 16.1 Å². The fraction of sp³-hybridized carbons (Fsp3) is 0.130. The van der Waals surface area contributed by atoms with E-state index in [-0.39, 0.29) is 5.71 Å². The predicted molar refractivity (Wildman–Crippen MR) is 124 cm³/mol. The monoisotopic (exact) mass is 412 g/mol. The van der Waals surface area contributed by atoms with Gasteiger partial charge >= 0.3 is 0 Å². The van der Waals surface area contributed by atoms with E-state index in [0.29, 0.717) is 28.4 Å². The van der Waals surface area contributed by atoms with Crippen molar-refractivity contribution >= 4 is 28.1 Å². The van der Waals surface area contributed by atoms with Gasteiger partial charge in [-0.15, -0.1) is 0 Å². The van der Waals surface area contributed by atoms with E-state index in [0.717, 1.165) is 16.9 Å². The highest BCUT2D eigenvalue weighted by molar-refractivity contribution is 6.30. The van der Waals surface area contributed by atoms with Crippen LogP contribution in [0, 0.1) is 11.3 Å². The summed E-state index contributed by atoms with van der Waals surface area (Å²) in [5, 5.41) is 11.8. The molecular formula is C23H24N8. The highest BCUT2D eigenvalue weighted by Crippen LogP contribution is 2.23. The molecule has 6 N–H and O–H groups in total. The minimum atomic E-state index is 0.279. The first-order valence-electron chi connectivity index (χ1n) is 9.94. The number of aromatic nitrogens is 3. The topological polar surface area (TPSA) is 125 Å². The molecular weight excluding hydrogens is 388 g/mol. The van der Waals surface area contributed by atoms with Gasteiger partial charge in [-0.1, -0.05) is 13.8 Å². The van der Waals surface area contributed by atoms with E-state index in [9.17, 15) is 0 Å². The lowest BCUT2D eigenvalue weighted by molar-refractivity contribution is 0.677. The SMILES string of the molecule is CC(C)C1=CNNC(Nc2ccc3ncc(/C(=C/N)C(=N)c4cccnc4)cc3n2)=C1. The molecule has 3 aromatic heterocycles. The number of hydrogen-bond donors (Lipinski definition) is 5. The minimum Gasteiger partial charge on any atom is -0.404 e. The molecule has 4 heterocycles. The highest BCUT2D eigenvalue weighted by Gasteiger charge is 2.13. The first kappa shape index (κ1) is 20.1. The van der Waals surface area contributed by atoms with E-state index >= 15 is 0 Å². The summed E-state index contributed by atoms with van der Waals surface area (Å²) < 4.78 is 0. The second kappa shape index (κ2) is 8.66. The van der Waals surface area contributed by atoms with Gasteiger partial charge in [-0.3, -0.25) is 20.8 Å². The highest BCUT2D eigenvalue weighted by atomic mass is 15.4. The number of nitrogens with zero attached hydrogens (tertiary/aromatic N) is 3. The van der Waals surface area contributed by atoms with Crippen LogP contribution in [0.3, 0.4) is 0 Å². The van der Waals surface area contributed by atoms with E-state index in [2.05, 4.69) is 40.0 Å². The molecule has 0 saturated carbocycles. The lowest BCUT2D eigenvalue weighted by Gasteiger charge is -2.20. The van der Waals surface area contributed by atoms with Gasteiger partial charge in [0, 0.05) is 47.7 Å². The number of nitrogens with one attached hydrogen (secondary N) is 4. The molecule has 31 heavy (non-hydrogen) atoms. The van der Waals surface area contributed by atoms with Gasteiger partial charge in [-0.2, -0.15) is 0 Å². The van der Waals surface area contributed by atoms with Crippen molar-refractivity contribution < 1.29 is 0 Å². The molecule has 1 aliphatic rings. The van der Waals surface area contributed by atoms with E-state index < -0.39 is 0 Å². The van der Waals surface area contributed by atoms with Gasteiger partial charge in [-0.25, -0.2) is 4.98 Å². The van der Waals surface area contributed by atoms with Gasteiger partial charge in [0.25, 0.3) is 0 Å². The van der Waals surface area contributed by atoms with Crippen LogP contribution >= 0.6 is 0 Å². The number of hydrogen-bond acceptors (Lipinski definition) is 8. The molecule has 0 radical (unpaired) electrons. The largest absolute Gasteiger partial charge is 0.404 e. The van der Waals surface area contributed by atoms with Gasteiger partial charge in [0.05, 0.1) is 16.7 Å². The second-order valence-corrected chi connectivity index (χ2v) is 7.41. The Bertz CT molecular complexity index is 1210. The van der Waals surface area contributed by atoms with Crippen molar-refractivity contribution in [2.75, 3.05) is 5.32 Å². The smallest absolute Gasteiger partial charge is 0.132 e. The summed E-state index contributed by atoms with van der Waals surface area (Å²) in [4.78, 5) is 13.3. The maximum atomic E-state index is 8.52. The third-order valence-electron chi connectivity index (χ3n) is 4.92. The standard InChI is InChI=1S/C23H24N8/c1-14(2)16-9-22(31-28-13-16)30-21-6-5-19-20(29-21)8-17(12-27-19)18(10-24)23(25)15-4-3-7-26-11-15/h3-14,25,28,31H,24H2,1-2H3,(H,29,30)/b18-10-,25-23?. The molecule has 3 aromatic rings. The molecule has 4 rings (SSSR count). The van der Waals surface area contributed by atoms with Gasteiger partial charge < -0.3 is 16.5 Å². The summed E-state index contributed by atoms with van der Waals surface area (Å²) in [5.41, 5.74) is 16.9. The molecule has 0 aromatic carbocycles. The fourth-order valence-electron chi connectivity index (χ4n) is 3.19. The van der Waals surface area contributed by atoms with Crippen LogP contribution < -0.4 is 21.9 Å². The molecule has 156 valence electrons. The van der Waals surface area contributed by atoms with E-state index in [1.807, 2.05) is 36.5 Å². The number of hydrazine groups is 1. The zero-order valence-corrected chi connectivity index (χ0v) is 17.3. The predicted octanol–water partition coefficient (Wildman–Crippen LogP) is 3.29. The Labute approximate surface area is 180 Å². The molecule has 0 unspecified atom stereocenters. The Balaban J connectivity index is 1.63. The van der Waals surface area contributed by atoms with Crippen molar-refractivity contribution in [3.63, 3.8) is 0 Å². The summed E-state index contributed by atoms with van der Waals surface area (Å²) in [7, 11) is 0. The van der Waals surface area contributed by atoms with Crippen LogP contribution in [0.2, 0.25) is 0 Å². The van der Waals surface area contributed by atoms with Crippen LogP contribution in [-0.4, -0.2) is 20.7 Å². The summed E-state index contributed by atoms with van der Waals surface area (Å²) in [6.45, 7) is 4.28. The molecule has 0 atom stereocenters. The van der Waals surface area contributed by atoms with Gasteiger partial charge in [0.1, 0.15) is 11.6 Å². The first-order chi connectivity index (χ1) is 15.0. The average Bonchev–Trinajstić information content (AvgIpc) is 2.80. The number of fused-ring (bicyclic) bond motifs is 1. The first-order valence-corrected chi connectivity index (χ1v) is 9.94. The molecule has 1 aliphatic heterocycles. The number of allylic oxidation sites excluding steroid dienone is 3. The Kier molecular flexibility index (Phi) is 5.61. The van der Waals surface area contributed by atoms with Crippen molar-refractivity contribution in [3.8, 4) is 0 Å². The number of anilines is 1. The van der Waals surface area contributed by atoms with Gasteiger partial charge in [-0.05, 0) is 47.9 Å². The Morgan fingerprint density at radius 2 is 2.03 bits per heavy atom. The van der Waals surface area contributed by atoms with Gasteiger partial charge in [0.15, 0.2) is 0 Å². The average molecular weight is 413 g/mol. The van der Waals surface area contributed by atoms with Crippen LogP contribution in [0.1, 0.15) is 25.0 Å². The van der Waals surface area contributed by atoms with Crippen LogP contribution in [-0.2, 0) is 0 Å². The summed E-state index contributed by atoms with van der Waals surface area (Å²) in [6, 6.07) is 9.29. The Hall–Kier alpha value is -4.20. The molecule has 0 saturated heterocycles. The molecule has 0 fully saturated rings.